The van der Waals surface area contributed by atoms with E-state index in [1.54, 1.807) is 23.9 Å². The maximum Gasteiger partial charge on any atom is 0.335 e. The molecule has 1 aromatic heterocycles. The summed E-state index contributed by atoms with van der Waals surface area (Å²) in [6.07, 6.45) is 0. The summed E-state index contributed by atoms with van der Waals surface area (Å²) >= 11 is 1.63. The molecular weight excluding hydrogens is 354 g/mol. The summed E-state index contributed by atoms with van der Waals surface area (Å²) in [6.45, 7) is 0.596. The number of benzene rings is 2. The van der Waals surface area contributed by atoms with Crippen LogP contribution in [0.5, 0.6) is 5.75 Å². The van der Waals surface area contributed by atoms with E-state index in [0.29, 0.717) is 23.9 Å². The Bertz CT molecular complexity index is 869. The van der Waals surface area contributed by atoms with E-state index in [0.717, 1.165) is 16.1 Å². The fourth-order valence-corrected chi connectivity index (χ4v) is 3.01. The summed E-state index contributed by atoms with van der Waals surface area (Å²) in [4.78, 5) is 12.1. The van der Waals surface area contributed by atoms with E-state index < -0.39 is 5.97 Å². The number of carboxylic acid groups (broad SMARTS) is 1. The molecule has 0 bridgehead atoms. The number of hydrogen-bond donors (Lipinski definition) is 3. The minimum atomic E-state index is -0.983. The number of nitrogens with zero attached hydrogens (tertiary/aromatic N) is 3. The van der Waals surface area contributed by atoms with Gasteiger partial charge in [0.15, 0.2) is 5.82 Å². The Balaban J connectivity index is 1.58. The molecule has 0 aliphatic rings. The number of aromatic amines is 1. The van der Waals surface area contributed by atoms with E-state index in [-0.39, 0.29) is 5.56 Å². The maximum absolute atomic E-state index is 11.0. The predicted octanol–water partition coefficient (Wildman–Crippen LogP) is 2.81. The smallest absolute Gasteiger partial charge is 0.335 e. The van der Waals surface area contributed by atoms with E-state index in [4.69, 9.17) is 9.84 Å². The molecule has 0 aliphatic carbocycles. The number of thioether (sulfide) groups is 1. The minimum absolute atomic E-state index is 0.190. The standard InChI is InChI=1S/C17H17N5O3S/c1-25-15-8-12(17(23)24)4-7-14(15)18-9-11-2-5-13(6-3-11)26-10-16-19-21-22-20-16/h2-8,18H,9-10H2,1H3,(H,23,24)(H,19,20,21,22). The Labute approximate surface area is 154 Å². The van der Waals surface area contributed by atoms with Crippen molar-refractivity contribution in [3.63, 3.8) is 0 Å². The quantitative estimate of drug-likeness (QED) is 0.518. The highest BCUT2D eigenvalue weighted by atomic mass is 32.2. The van der Waals surface area contributed by atoms with Gasteiger partial charge in [-0.3, -0.25) is 0 Å². The van der Waals surface area contributed by atoms with E-state index in [2.05, 4.69) is 25.9 Å². The number of rotatable bonds is 8. The molecule has 0 radical (unpaired) electrons. The highest BCUT2D eigenvalue weighted by Crippen LogP contribution is 2.27. The van der Waals surface area contributed by atoms with E-state index >= 15 is 0 Å². The van der Waals surface area contributed by atoms with Gasteiger partial charge in [0.05, 0.1) is 24.1 Å². The van der Waals surface area contributed by atoms with Gasteiger partial charge < -0.3 is 15.2 Å². The zero-order chi connectivity index (χ0) is 18.4. The van der Waals surface area contributed by atoms with Gasteiger partial charge in [0.1, 0.15) is 5.75 Å². The molecule has 3 N–H and O–H groups in total. The molecule has 0 amide bonds. The van der Waals surface area contributed by atoms with Crippen LogP contribution in [0.3, 0.4) is 0 Å². The second kappa shape index (κ2) is 8.34. The van der Waals surface area contributed by atoms with Crippen molar-refractivity contribution < 1.29 is 14.6 Å². The molecule has 0 spiro atoms. The van der Waals surface area contributed by atoms with Crippen molar-refractivity contribution in [2.24, 2.45) is 0 Å². The molecular formula is C17H17N5O3S. The first kappa shape index (κ1) is 17.7. The number of tetrazole rings is 1. The van der Waals surface area contributed by atoms with Crippen LogP contribution in [0.2, 0.25) is 0 Å². The lowest BCUT2D eigenvalue weighted by atomic mass is 10.1. The Morgan fingerprint density at radius 1 is 1.27 bits per heavy atom. The monoisotopic (exact) mass is 371 g/mol. The van der Waals surface area contributed by atoms with Crippen molar-refractivity contribution in [1.29, 1.82) is 0 Å². The normalized spacial score (nSPS) is 10.5. The zero-order valence-corrected chi connectivity index (χ0v) is 14.8. The third-order valence-corrected chi connectivity index (χ3v) is 4.62. The van der Waals surface area contributed by atoms with Crippen LogP contribution in [0, 0.1) is 0 Å². The first-order chi connectivity index (χ1) is 12.7. The van der Waals surface area contributed by atoms with Crippen LogP contribution in [0.4, 0.5) is 5.69 Å². The second-order valence-corrected chi connectivity index (χ2v) is 6.38. The molecule has 2 aromatic carbocycles. The van der Waals surface area contributed by atoms with Gasteiger partial charge in [-0.15, -0.1) is 22.0 Å². The highest BCUT2D eigenvalue weighted by Gasteiger charge is 2.09. The number of aromatic carboxylic acids is 1. The van der Waals surface area contributed by atoms with Gasteiger partial charge in [-0.2, -0.15) is 5.21 Å². The molecule has 8 nitrogen and oxygen atoms in total. The molecule has 0 aliphatic heterocycles. The molecule has 1 heterocycles. The van der Waals surface area contributed by atoms with Crippen molar-refractivity contribution in [2.45, 2.75) is 17.2 Å². The van der Waals surface area contributed by atoms with Gasteiger partial charge in [-0.05, 0) is 35.9 Å². The lowest BCUT2D eigenvalue weighted by Gasteiger charge is -2.12. The molecule has 3 aromatic rings. The third kappa shape index (κ3) is 4.51. The summed E-state index contributed by atoms with van der Waals surface area (Å²) in [5.41, 5.74) is 2.03. The van der Waals surface area contributed by atoms with E-state index in [9.17, 15) is 4.79 Å². The molecule has 134 valence electrons. The number of aromatic nitrogens is 4. The molecule has 0 atom stereocenters. The number of carbonyl (C=O) groups is 1. The fourth-order valence-electron chi connectivity index (χ4n) is 2.26. The SMILES string of the molecule is COc1cc(C(=O)O)ccc1NCc1ccc(SCc2nn[nH]n2)cc1. The number of methoxy groups -OCH3 is 1. The summed E-state index contributed by atoms with van der Waals surface area (Å²) < 4.78 is 5.26. The number of anilines is 1. The average molecular weight is 371 g/mol. The van der Waals surface area contributed by atoms with Gasteiger partial charge in [0.2, 0.25) is 0 Å². The van der Waals surface area contributed by atoms with Crippen LogP contribution in [0.1, 0.15) is 21.7 Å². The van der Waals surface area contributed by atoms with Crippen LogP contribution in [0.15, 0.2) is 47.4 Å². The van der Waals surface area contributed by atoms with Gasteiger partial charge in [0, 0.05) is 11.4 Å². The topological polar surface area (TPSA) is 113 Å². The zero-order valence-electron chi connectivity index (χ0n) is 14.0. The van der Waals surface area contributed by atoms with Crippen molar-refractivity contribution in [1.82, 2.24) is 20.6 Å². The van der Waals surface area contributed by atoms with Crippen molar-refractivity contribution in [2.75, 3.05) is 12.4 Å². The Hall–Kier alpha value is -3.07. The van der Waals surface area contributed by atoms with E-state index in [1.165, 1.54) is 13.2 Å². The summed E-state index contributed by atoms with van der Waals surface area (Å²) in [6, 6.07) is 12.9. The van der Waals surface area contributed by atoms with Crippen LogP contribution >= 0.6 is 11.8 Å². The molecule has 0 unspecified atom stereocenters. The Morgan fingerprint density at radius 2 is 2.08 bits per heavy atom. The number of nitrogens with one attached hydrogen (secondary N) is 2. The molecule has 0 saturated heterocycles. The Kier molecular flexibility index (Phi) is 5.69. The lowest BCUT2D eigenvalue weighted by molar-refractivity contribution is 0.0696. The van der Waals surface area contributed by atoms with Gasteiger partial charge in [-0.1, -0.05) is 17.3 Å². The van der Waals surface area contributed by atoms with Gasteiger partial charge in [-0.25, -0.2) is 4.79 Å². The number of hydrogen-bond acceptors (Lipinski definition) is 7. The van der Waals surface area contributed by atoms with Crippen LogP contribution in [-0.2, 0) is 12.3 Å². The average Bonchev–Trinajstić information content (AvgIpc) is 3.19. The van der Waals surface area contributed by atoms with Crippen molar-refractivity contribution >= 4 is 23.4 Å². The number of ether oxygens (including phenoxy) is 1. The maximum atomic E-state index is 11.0. The van der Waals surface area contributed by atoms with Crippen LogP contribution < -0.4 is 10.1 Å². The predicted molar refractivity (Wildman–Crippen MR) is 97.5 cm³/mol. The molecule has 0 saturated carbocycles. The van der Waals surface area contributed by atoms with E-state index in [1.807, 2.05) is 24.3 Å². The largest absolute Gasteiger partial charge is 0.495 e. The van der Waals surface area contributed by atoms with Gasteiger partial charge >= 0.3 is 5.97 Å². The molecule has 26 heavy (non-hydrogen) atoms. The van der Waals surface area contributed by atoms with Gasteiger partial charge in [0.25, 0.3) is 0 Å². The first-order valence-corrected chi connectivity index (χ1v) is 8.73. The fraction of sp³-hybridized carbons (Fsp3) is 0.176. The molecule has 9 heteroatoms. The molecule has 0 fully saturated rings. The van der Waals surface area contributed by atoms with Crippen LogP contribution in [-0.4, -0.2) is 38.8 Å². The Morgan fingerprint density at radius 3 is 2.73 bits per heavy atom. The highest BCUT2D eigenvalue weighted by molar-refractivity contribution is 7.98. The van der Waals surface area contributed by atoms with Crippen molar-refractivity contribution in [3.05, 3.63) is 59.4 Å². The molecule has 3 rings (SSSR count). The number of carboxylic acids is 1. The van der Waals surface area contributed by atoms with Crippen LogP contribution in [0.25, 0.3) is 0 Å². The third-order valence-electron chi connectivity index (χ3n) is 3.61. The summed E-state index contributed by atoms with van der Waals surface area (Å²) in [7, 11) is 1.52. The summed E-state index contributed by atoms with van der Waals surface area (Å²) in [5, 5.41) is 26.1. The van der Waals surface area contributed by atoms with Crippen molar-refractivity contribution in [3.8, 4) is 5.75 Å². The first-order valence-electron chi connectivity index (χ1n) is 7.75. The second-order valence-electron chi connectivity index (χ2n) is 5.33. The minimum Gasteiger partial charge on any atom is -0.495 e. The lowest BCUT2D eigenvalue weighted by Crippen LogP contribution is -2.03. The summed E-state index contributed by atoms with van der Waals surface area (Å²) in [5.74, 6) is 0.833. The number of H-pyrrole nitrogens is 1.